The molecule has 3 aromatic heterocycles. The number of carbonyl (C=O) groups is 1. The molecule has 1 saturated heterocycles. The predicted molar refractivity (Wildman–Crippen MR) is 91.2 cm³/mol. The summed E-state index contributed by atoms with van der Waals surface area (Å²) in [4.78, 5) is 26.8. The molecule has 136 valence electrons. The fourth-order valence-electron chi connectivity index (χ4n) is 3.32. The quantitative estimate of drug-likeness (QED) is 0.678. The van der Waals surface area contributed by atoms with E-state index in [9.17, 15) is 9.90 Å². The highest BCUT2D eigenvalue weighted by Gasteiger charge is 2.41. The first-order valence-corrected chi connectivity index (χ1v) is 8.25. The number of nitrogens with two attached hydrogens (primary N) is 1. The third-order valence-corrected chi connectivity index (χ3v) is 4.85. The summed E-state index contributed by atoms with van der Waals surface area (Å²) in [6, 6.07) is 1.16. The first kappa shape index (κ1) is 16.5. The highest BCUT2D eigenvalue weighted by molar-refractivity contribution is 5.91. The van der Waals surface area contributed by atoms with Crippen molar-refractivity contribution in [1.29, 1.82) is 0 Å². The second-order valence-electron chi connectivity index (χ2n) is 6.79. The van der Waals surface area contributed by atoms with Crippen molar-refractivity contribution in [2.75, 3.05) is 18.8 Å². The Bertz CT molecular complexity index is 977. The zero-order chi connectivity index (χ0) is 18.5. The van der Waals surface area contributed by atoms with E-state index < -0.39 is 11.6 Å². The second kappa shape index (κ2) is 5.77. The number of fused-ring (bicyclic) bond motifs is 1. The molecule has 0 radical (unpaired) electrons. The molecule has 0 aromatic carbocycles. The van der Waals surface area contributed by atoms with Crippen molar-refractivity contribution < 1.29 is 14.4 Å². The number of rotatable bonds is 2. The maximum atomic E-state index is 12.7. The van der Waals surface area contributed by atoms with E-state index in [4.69, 9.17) is 10.3 Å². The van der Waals surface area contributed by atoms with Gasteiger partial charge in [0.25, 0.3) is 5.91 Å². The number of anilines is 1. The average molecular weight is 357 g/mol. The SMILES string of the molecule is Cc1cc(C(=O)N2CC[C@@](C)(O)[C@H](n3cnc4c(N)ncnc43)C2)on1. The minimum absolute atomic E-state index is 0.185. The van der Waals surface area contributed by atoms with Crippen LogP contribution in [-0.2, 0) is 0 Å². The maximum Gasteiger partial charge on any atom is 0.292 e. The number of carbonyl (C=O) groups excluding carboxylic acids is 1. The van der Waals surface area contributed by atoms with Crippen LogP contribution < -0.4 is 5.73 Å². The molecule has 10 nitrogen and oxygen atoms in total. The molecule has 3 N–H and O–H groups in total. The Kier molecular flexibility index (Phi) is 3.65. The summed E-state index contributed by atoms with van der Waals surface area (Å²) in [7, 11) is 0. The number of nitrogen functional groups attached to an aromatic ring is 1. The molecule has 26 heavy (non-hydrogen) atoms. The van der Waals surface area contributed by atoms with Gasteiger partial charge in [0.15, 0.2) is 11.5 Å². The lowest BCUT2D eigenvalue weighted by Gasteiger charge is -2.42. The Labute approximate surface area is 148 Å². The lowest BCUT2D eigenvalue weighted by molar-refractivity contribution is -0.0439. The largest absolute Gasteiger partial charge is 0.388 e. The average Bonchev–Trinajstić information content (AvgIpc) is 3.21. The van der Waals surface area contributed by atoms with Gasteiger partial charge in [-0.1, -0.05) is 5.16 Å². The molecule has 4 rings (SSSR count). The number of imidazole rings is 1. The van der Waals surface area contributed by atoms with E-state index in [0.717, 1.165) is 0 Å². The number of piperidine rings is 1. The molecule has 0 aliphatic carbocycles. The molecule has 0 unspecified atom stereocenters. The van der Waals surface area contributed by atoms with Gasteiger partial charge in [-0.25, -0.2) is 15.0 Å². The lowest BCUT2D eigenvalue weighted by atomic mass is 9.88. The van der Waals surface area contributed by atoms with E-state index in [0.29, 0.717) is 29.8 Å². The van der Waals surface area contributed by atoms with Gasteiger partial charge in [-0.2, -0.15) is 0 Å². The Hall–Kier alpha value is -3.01. The molecule has 0 spiro atoms. The molecule has 3 aromatic rings. The van der Waals surface area contributed by atoms with Gasteiger partial charge in [-0.3, -0.25) is 4.79 Å². The summed E-state index contributed by atoms with van der Waals surface area (Å²) >= 11 is 0. The maximum absolute atomic E-state index is 12.7. The number of amides is 1. The van der Waals surface area contributed by atoms with Crippen molar-refractivity contribution in [2.45, 2.75) is 31.9 Å². The van der Waals surface area contributed by atoms with Gasteiger partial charge < -0.3 is 24.8 Å². The van der Waals surface area contributed by atoms with Crippen molar-refractivity contribution in [2.24, 2.45) is 0 Å². The molecule has 1 aliphatic rings. The van der Waals surface area contributed by atoms with Crippen molar-refractivity contribution in [3.8, 4) is 0 Å². The third kappa shape index (κ3) is 2.58. The number of aryl methyl sites for hydroxylation is 1. The zero-order valence-corrected chi connectivity index (χ0v) is 14.5. The minimum atomic E-state index is -1.04. The summed E-state index contributed by atoms with van der Waals surface area (Å²) in [6.45, 7) is 4.19. The monoisotopic (exact) mass is 357 g/mol. The van der Waals surface area contributed by atoms with E-state index in [1.165, 1.54) is 6.33 Å². The Morgan fingerprint density at radius 1 is 1.42 bits per heavy atom. The van der Waals surface area contributed by atoms with Crippen LogP contribution in [0.5, 0.6) is 0 Å². The zero-order valence-electron chi connectivity index (χ0n) is 14.5. The fraction of sp³-hybridized carbons (Fsp3) is 0.438. The molecule has 1 fully saturated rings. The lowest BCUT2D eigenvalue weighted by Crippen LogP contribution is -2.52. The van der Waals surface area contributed by atoms with Crippen LogP contribution in [0.1, 0.15) is 35.6 Å². The number of hydrogen-bond donors (Lipinski definition) is 2. The van der Waals surface area contributed by atoms with Crippen LogP contribution in [-0.4, -0.2) is 59.3 Å². The highest BCUT2D eigenvalue weighted by Crippen LogP contribution is 2.34. The van der Waals surface area contributed by atoms with Gasteiger partial charge in [0, 0.05) is 19.2 Å². The van der Waals surface area contributed by atoms with Gasteiger partial charge in [0.05, 0.1) is 23.7 Å². The van der Waals surface area contributed by atoms with Crippen molar-refractivity contribution in [3.05, 3.63) is 30.2 Å². The van der Waals surface area contributed by atoms with Gasteiger partial charge in [-0.15, -0.1) is 0 Å². The number of aliphatic hydroxyl groups is 1. The van der Waals surface area contributed by atoms with Gasteiger partial charge in [0.1, 0.15) is 11.8 Å². The van der Waals surface area contributed by atoms with E-state index >= 15 is 0 Å². The Balaban J connectivity index is 1.69. The van der Waals surface area contributed by atoms with Crippen LogP contribution in [0, 0.1) is 6.92 Å². The molecule has 1 aliphatic heterocycles. The van der Waals surface area contributed by atoms with Gasteiger partial charge in [-0.05, 0) is 20.3 Å². The minimum Gasteiger partial charge on any atom is -0.388 e. The molecule has 1 amide bonds. The number of hydrogen-bond acceptors (Lipinski definition) is 8. The fourth-order valence-corrected chi connectivity index (χ4v) is 3.32. The van der Waals surface area contributed by atoms with E-state index in [1.807, 2.05) is 0 Å². The molecule has 2 atom stereocenters. The summed E-state index contributed by atoms with van der Waals surface area (Å²) in [5, 5.41) is 14.7. The summed E-state index contributed by atoms with van der Waals surface area (Å²) in [5.74, 6) is 0.198. The third-order valence-electron chi connectivity index (χ3n) is 4.85. The normalized spacial score (nSPS) is 23.5. The standard InChI is InChI=1S/C16H19N7O3/c1-9-5-10(26-21-9)15(24)22-4-3-16(2,25)11(6-22)23-8-20-12-13(17)18-7-19-14(12)23/h5,7-8,11,25H,3-4,6H2,1-2H3,(H2,17,18,19)/t11-,16-/m1/s1. The predicted octanol–water partition coefficient (Wildman–Crippen LogP) is 0.543. The van der Waals surface area contributed by atoms with Crippen molar-refractivity contribution >= 4 is 22.9 Å². The number of likely N-dealkylation sites (tertiary alicyclic amines) is 1. The molecule has 10 heteroatoms. The van der Waals surface area contributed by atoms with Crippen LogP contribution in [0.2, 0.25) is 0 Å². The summed E-state index contributed by atoms with van der Waals surface area (Å²) in [6.07, 6.45) is 3.33. The van der Waals surface area contributed by atoms with Crippen LogP contribution >= 0.6 is 0 Å². The Morgan fingerprint density at radius 3 is 2.96 bits per heavy atom. The highest BCUT2D eigenvalue weighted by atomic mass is 16.5. The molecule has 4 heterocycles. The van der Waals surface area contributed by atoms with Gasteiger partial charge in [0.2, 0.25) is 5.76 Å². The number of aromatic nitrogens is 5. The first-order chi connectivity index (χ1) is 12.4. The molecular weight excluding hydrogens is 338 g/mol. The van der Waals surface area contributed by atoms with Crippen LogP contribution in [0.25, 0.3) is 11.2 Å². The Morgan fingerprint density at radius 2 is 2.23 bits per heavy atom. The second-order valence-corrected chi connectivity index (χ2v) is 6.79. The van der Waals surface area contributed by atoms with Crippen LogP contribution in [0.15, 0.2) is 23.2 Å². The van der Waals surface area contributed by atoms with E-state index in [-0.39, 0.29) is 24.0 Å². The topological polar surface area (TPSA) is 136 Å². The van der Waals surface area contributed by atoms with E-state index in [1.54, 1.807) is 35.7 Å². The van der Waals surface area contributed by atoms with E-state index in [2.05, 4.69) is 20.1 Å². The summed E-state index contributed by atoms with van der Waals surface area (Å²) in [5.41, 5.74) is 6.44. The molecule has 0 saturated carbocycles. The van der Waals surface area contributed by atoms with Crippen LogP contribution in [0.3, 0.4) is 0 Å². The molecular formula is C16H19N7O3. The summed E-state index contributed by atoms with van der Waals surface area (Å²) < 4.78 is 6.83. The smallest absolute Gasteiger partial charge is 0.292 e. The first-order valence-electron chi connectivity index (χ1n) is 8.25. The van der Waals surface area contributed by atoms with Crippen LogP contribution in [0.4, 0.5) is 5.82 Å². The van der Waals surface area contributed by atoms with Crippen molar-refractivity contribution in [3.63, 3.8) is 0 Å². The number of nitrogens with zero attached hydrogens (tertiary/aromatic N) is 6. The van der Waals surface area contributed by atoms with Gasteiger partial charge >= 0.3 is 0 Å². The molecule has 0 bridgehead atoms. The van der Waals surface area contributed by atoms with Crippen molar-refractivity contribution in [1.82, 2.24) is 29.6 Å².